The van der Waals surface area contributed by atoms with E-state index < -0.39 is 36.9 Å². The third-order valence-corrected chi connectivity index (χ3v) is 9.57. The predicted molar refractivity (Wildman–Crippen MR) is 192 cm³/mol. The van der Waals surface area contributed by atoms with E-state index >= 15 is 0 Å². The Balaban J connectivity index is 3.72. The summed E-state index contributed by atoms with van der Waals surface area (Å²) in [5.74, 6) is -0.582. The minimum Gasteiger partial charge on any atom is -0.394 e. The van der Waals surface area contributed by atoms with Crippen molar-refractivity contribution in [3.05, 3.63) is 0 Å². The number of nitrogens with one attached hydrogen (secondary N) is 1. The molecule has 0 aromatic heterocycles. The number of rotatable bonds is 36. The van der Waals surface area contributed by atoms with Crippen molar-refractivity contribution in [3.63, 3.8) is 0 Å². The summed E-state index contributed by atoms with van der Waals surface area (Å²) in [7, 11) is 0. The molecule has 0 rings (SSSR count). The molecule has 0 heterocycles. The van der Waals surface area contributed by atoms with E-state index in [1.54, 1.807) is 0 Å². The molecule has 0 bridgehead atoms. The minimum absolute atomic E-state index is 0.375. The molecule has 0 aromatic rings. The van der Waals surface area contributed by atoms with Gasteiger partial charge in [0.25, 0.3) is 0 Å². The SMILES string of the molecule is CCCCCCCCCCCCCCCCCCCCC(O)C(=O)N[C@@H](CO)[C@H](O)[C@H](O)CCCCCCCCCCCCC. The van der Waals surface area contributed by atoms with E-state index in [0.29, 0.717) is 12.8 Å². The maximum Gasteiger partial charge on any atom is 0.249 e. The van der Waals surface area contributed by atoms with Gasteiger partial charge in [-0.15, -0.1) is 0 Å². The first-order valence-electron chi connectivity index (χ1n) is 19.9. The number of hydrogen-bond donors (Lipinski definition) is 5. The van der Waals surface area contributed by atoms with Gasteiger partial charge in [0, 0.05) is 0 Å². The molecule has 0 aliphatic carbocycles. The summed E-state index contributed by atoms with van der Waals surface area (Å²) >= 11 is 0. The van der Waals surface area contributed by atoms with Gasteiger partial charge in [0.1, 0.15) is 12.2 Å². The topological polar surface area (TPSA) is 110 Å². The van der Waals surface area contributed by atoms with E-state index in [1.807, 2.05) is 0 Å². The lowest BCUT2D eigenvalue weighted by atomic mass is 9.99. The lowest BCUT2D eigenvalue weighted by Crippen LogP contribution is -2.53. The van der Waals surface area contributed by atoms with E-state index in [0.717, 1.165) is 38.5 Å². The molecule has 0 fully saturated rings. The van der Waals surface area contributed by atoms with E-state index in [1.165, 1.54) is 148 Å². The van der Waals surface area contributed by atoms with Crippen molar-refractivity contribution in [2.45, 2.75) is 237 Å². The van der Waals surface area contributed by atoms with Crippen LogP contribution in [-0.2, 0) is 4.79 Å². The standard InChI is InChI=1S/C39H79NO5/c1-3-5-7-9-11-13-15-16-17-18-19-20-21-23-25-27-29-31-33-37(43)39(45)40-35(34-41)38(44)36(42)32-30-28-26-24-22-14-12-10-8-6-4-2/h35-38,41-44H,3-34H2,1-2H3,(H,40,45)/t35-,36+,37?,38-/m0/s1. The summed E-state index contributed by atoms with van der Waals surface area (Å²) in [6, 6.07) is -0.977. The van der Waals surface area contributed by atoms with Gasteiger partial charge < -0.3 is 25.7 Å². The average molecular weight is 642 g/mol. The van der Waals surface area contributed by atoms with Gasteiger partial charge in [-0.05, 0) is 12.8 Å². The molecule has 0 saturated heterocycles. The van der Waals surface area contributed by atoms with Crippen molar-refractivity contribution in [3.8, 4) is 0 Å². The molecule has 0 spiro atoms. The van der Waals surface area contributed by atoms with Crippen LogP contribution in [0, 0.1) is 0 Å². The van der Waals surface area contributed by atoms with Crippen LogP contribution in [0.2, 0.25) is 0 Å². The lowest BCUT2D eigenvalue weighted by Gasteiger charge is -2.27. The Morgan fingerprint density at radius 1 is 0.467 bits per heavy atom. The first kappa shape index (κ1) is 44.3. The Hall–Kier alpha value is -0.690. The van der Waals surface area contributed by atoms with Crippen LogP contribution in [0.25, 0.3) is 0 Å². The van der Waals surface area contributed by atoms with Gasteiger partial charge in [-0.25, -0.2) is 0 Å². The quantitative estimate of drug-likeness (QED) is 0.0438. The zero-order valence-corrected chi connectivity index (χ0v) is 30.1. The normalized spacial score (nSPS) is 14.4. The van der Waals surface area contributed by atoms with Crippen LogP contribution in [0.5, 0.6) is 0 Å². The zero-order valence-electron chi connectivity index (χ0n) is 30.1. The average Bonchev–Trinajstić information content (AvgIpc) is 3.04. The predicted octanol–water partition coefficient (Wildman–Crippen LogP) is 9.68. The Kier molecular flexibility index (Phi) is 34.1. The van der Waals surface area contributed by atoms with E-state index in [9.17, 15) is 25.2 Å². The van der Waals surface area contributed by atoms with Crippen molar-refractivity contribution in [1.82, 2.24) is 5.32 Å². The van der Waals surface area contributed by atoms with Crippen LogP contribution < -0.4 is 5.32 Å². The van der Waals surface area contributed by atoms with Crippen LogP contribution in [0.15, 0.2) is 0 Å². The number of unbranched alkanes of at least 4 members (excludes halogenated alkanes) is 27. The second-order valence-corrected chi connectivity index (χ2v) is 14.0. The number of aliphatic hydroxyl groups excluding tert-OH is 4. The zero-order chi connectivity index (χ0) is 33.2. The van der Waals surface area contributed by atoms with Crippen molar-refractivity contribution in [2.24, 2.45) is 0 Å². The van der Waals surface area contributed by atoms with Crippen LogP contribution >= 0.6 is 0 Å². The van der Waals surface area contributed by atoms with E-state index in [2.05, 4.69) is 19.2 Å². The Morgan fingerprint density at radius 2 is 0.756 bits per heavy atom. The molecule has 6 nitrogen and oxygen atoms in total. The lowest BCUT2D eigenvalue weighted by molar-refractivity contribution is -0.132. The third-order valence-electron chi connectivity index (χ3n) is 9.57. The molecule has 0 aliphatic rings. The fraction of sp³-hybridized carbons (Fsp3) is 0.974. The fourth-order valence-corrected chi connectivity index (χ4v) is 6.34. The summed E-state index contributed by atoms with van der Waals surface area (Å²) in [5, 5.41) is 43.5. The number of amides is 1. The second-order valence-electron chi connectivity index (χ2n) is 14.0. The summed E-state index contributed by atoms with van der Waals surface area (Å²) in [6.07, 6.45) is 34.1. The molecule has 45 heavy (non-hydrogen) atoms. The summed E-state index contributed by atoms with van der Waals surface area (Å²) in [6.45, 7) is 4.04. The smallest absolute Gasteiger partial charge is 0.249 e. The summed E-state index contributed by atoms with van der Waals surface area (Å²) < 4.78 is 0. The molecule has 1 amide bonds. The van der Waals surface area contributed by atoms with Crippen molar-refractivity contribution in [1.29, 1.82) is 0 Å². The number of carbonyl (C=O) groups excluding carboxylic acids is 1. The molecule has 270 valence electrons. The van der Waals surface area contributed by atoms with Gasteiger partial charge in [0.2, 0.25) is 5.91 Å². The molecule has 5 N–H and O–H groups in total. The number of carbonyl (C=O) groups is 1. The highest BCUT2D eigenvalue weighted by molar-refractivity contribution is 5.80. The van der Waals surface area contributed by atoms with Crippen LogP contribution in [0.3, 0.4) is 0 Å². The van der Waals surface area contributed by atoms with E-state index in [-0.39, 0.29) is 0 Å². The van der Waals surface area contributed by atoms with Crippen LogP contribution in [0.4, 0.5) is 0 Å². The summed E-state index contributed by atoms with van der Waals surface area (Å²) in [4.78, 5) is 12.4. The van der Waals surface area contributed by atoms with Crippen molar-refractivity contribution < 1.29 is 25.2 Å². The minimum atomic E-state index is -1.25. The van der Waals surface area contributed by atoms with Crippen molar-refractivity contribution in [2.75, 3.05) is 6.61 Å². The molecule has 0 radical (unpaired) electrons. The monoisotopic (exact) mass is 642 g/mol. The number of aliphatic hydroxyl groups is 4. The van der Waals surface area contributed by atoms with Gasteiger partial charge in [0.15, 0.2) is 0 Å². The molecule has 0 aromatic carbocycles. The maximum absolute atomic E-state index is 12.4. The Labute approximate surface area is 279 Å². The highest BCUT2D eigenvalue weighted by Gasteiger charge is 2.28. The van der Waals surface area contributed by atoms with E-state index in [4.69, 9.17) is 0 Å². The van der Waals surface area contributed by atoms with Gasteiger partial charge in [-0.2, -0.15) is 0 Å². The Bertz CT molecular complexity index is 604. The molecule has 6 heteroatoms. The highest BCUT2D eigenvalue weighted by atomic mass is 16.3. The Morgan fingerprint density at radius 3 is 1.07 bits per heavy atom. The van der Waals surface area contributed by atoms with Crippen LogP contribution in [-0.4, -0.2) is 57.3 Å². The largest absolute Gasteiger partial charge is 0.394 e. The third kappa shape index (κ3) is 29.2. The second kappa shape index (κ2) is 34.6. The first-order chi connectivity index (χ1) is 22.0. The maximum atomic E-state index is 12.4. The van der Waals surface area contributed by atoms with Crippen LogP contribution in [0.1, 0.15) is 213 Å². The number of hydrogen-bond acceptors (Lipinski definition) is 5. The first-order valence-corrected chi connectivity index (χ1v) is 19.9. The molecule has 0 aliphatic heterocycles. The molecular formula is C39H79NO5. The molecular weight excluding hydrogens is 562 g/mol. The van der Waals surface area contributed by atoms with Gasteiger partial charge >= 0.3 is 0 Å². The van der Waals surface area contributed by atoms with Gasteiger partial charge in [0.05, 0.1) is 18.8 Å². The van der Waals surface area contributed by atoms with Gasteiger partial charge in [-0.3, -0.25) is 4.79 Å². The highest BCUT2D eigenvalue weighted by Crippen LogP contribution is 2.16. The molecule has 0 saturated carbocycles. The summed E-state index contributed by atoms with van der Waals surface area (Å²) in [5.41, 5.74) is 0. The molecule has 1 unspecified atom stereocenters. The van der Waals surface area contributed by atoms with Crippen molar-refractivity contribution >= 4 is 5.91 Å². The fourth-order valence-electron chi connectivity index (χ4n) is 6.34. The molecule has 4 atom stereocenters. The van der Waals surface area contributed by atoms with Gasteiger partial charge in [-0.1, -0.05) is 200 Å².